The molecule has 3 N–H and O–H groups in total. The van der Waals surface area contributed by atoms with Crippen LogP contribution >= 0.6 is 0 Å². The van der Waals surface area contributed by atoms with Crippen LogP contribution in [0, 0.1) is 18.8 Å². The Hall–Kier alpha value is -3.93. The first-order valence-electron chi connectivity index (χ1n) is 13.4. The number of hydrogen-bond acceptors (Lipinski definition) is 5. The van der Waals surface area contributed by atoms with Gasteiger partial charge in [-0.15, -0.1) is 0 Å². The van der Waals surface area contributed by atoms with Gasteiger partial charge in [-0.2, -0.15) is 21.6 Å². The molecule has 0 aliphatic rings. The number of sulfonamides is 1. The van der Waals surface area contributed by atoms with Crippen molar-refractivity contribution in [3.8, 4) is 16.9 Å². The van der Waals surface area contributed by atoms with E-state index in [-0.39, 0.29) is 17.0 Å². The zero-order valence-corrected chi connectivity index (χ0v) is 25.3. The lowest BCUT2D eigenvalue weighted by molar-refractivity contribution is -0.0429. The summed E-state index contributed by atoms with van der Waals surface area (Å²) in [5.41, 5.74) is -2.58. The highest BCUT2D eigenvalue weighted by Gasteiger charge is 2.46. The molecule has 12 heteroatoms. The van der Waals surface area contributed by atoms with Gasteiger partial charge in [0.05, 0.1) is 24.2 Å². The fraction of sp³-hybridized carbons (Fsp3) is 0.367. The number of carbonyl (C=O) groups excluding carboxylic acids is 1. The van der Waals surface area contributed by atoms with Crippen LogP contribution < -0.4 is 25.0 Å². The molecule has 0 fully saturated rings. The molecular formula is C30H37F3N4O4S. The van der Waals surface area contributed by atoms with Crippen molar-refractivity contribution in [1.29, 1.82) is 0 Å². The van der Waals surface area contributed by atoms with Crippen LogP contribution in [-0.2, 0) is 10.0 Å². The number of nitrogens with one attached hydrogen (secondary N) is 3. The summed E-state index contributed by atoms with van der Waals surface area (Å²) >= 11 is 0. The Labute approximate surface area is 245 Å². The van der Waals surface area contributed by atoms with E-state index in [1.54, 1.807) is 35.1 Å². The van der Waals surface area contributed by atoms with E-state index < -0.39 is 21.6 Å². The zero-order chi connectivity index (χ0) is 31.2. The number of nitrogens with zero attached hydrogens (tertiary/aromatic N) is 1. The molecule has 3 aromatic carbocycles. The van der Waals surface area contributed by atoms with Gasteiger partial charge < -0.3 is 20.3 Å². The molecule has 0 radical (unpaired) electrons. The number of amides is 2. The quantitative estimate of drug-likeness (QED) is 0.208. The van der Waals surface area contributed by atoms with Gasteiger partial charge >= 0.3 is 21.6 Å². The van der Waals surface area contributed by atoms with E-state index in [0.717, 1.165) is 5.56 Å². The van der Waals surface area contributed by atoms with Crippen LogP contribution in [0.2, 0.25) is 0 Å². The predicted octanol–water partition coefficient (Wildman–Crippen LogP) is 7.69. The van der Waals surface area contributed by atoms with Crippen LogP contribution in [0.4, 0.5) is 40.7 Å². The van der Waals surface area contributed by atoms with Crippen LogP contribution in [0.1, 0.15) is 33.3 Å². The summed E-state index contributed by atoms with van der Waals surface area (Å²) in [4.78, 5) is 15.2. The van der Waals surface area contributed by atoms with Gasteiger partial charge in [0.25, 0.3) is 0 Å². The molecule has 228 valence electrons. The molecule has 8 nitrogen and oxygen atoms in total. The molecule has 0 atom stereocenters. The van der Waals surface area contributed by atoms with Crippen molar-refractivity contribution in [1.82, 2.24) is 0 Å². The van der Waals surface area contributed by atoms with Gasteiger partial charge in [-0.25, -0.2) is 4.79 Å². The van der Waals surface area contributed by atoms with Crippen molar-refractivity contribution in [3.63, 3.8) is 0 Å². The van der Waals surface area contributed by atoms with Gasteiger partial charge in [-0.05, 0) is 60.7 Å². The first-order valence-corrected chi connectivity index (χ1v) is 14.9. The number of rotatable bonds is 11. The first-order chi connectivity index (χ1) is 19.6. The van der Waals surface area contributed by atoms with Crippen molar-refractivity contribution in [2.75, 3.05) is 40.5 Å². The second kappa shape index (κ2) is 13.4. The number of benzene rings is 3. The Morgan fingerprint density at radius 3 is 2.05 bits per heavy atom. The normalized spacial score (nSPS) is 11.9. The number of urea groups is 1. The molecular weight excluding hydrogens is 569 g/mol. The van der Waals surface area contributed by atoms with Crippen LogP contribution in [0.5, 0.6) is 5.75 Å². The molecule has 0 unspecified atom stereocenters. The number of ether oxygens (including phenoxy) is 1. The van der Waals surface area contributed by atoms with E-state index in [4.69, 9.17) is 4.74 Å². The second-order valence-corrected chi connectivity index (χ2v) is 12.5. The molecule has 0 saturated carbocycles. The number of carbonyl (C=O) groups is 1. The maximum Gasteiger partial charge on any atom is 0.516 e. The summed E-state index contributed by atoms with van der Waals surface area (Å²) in [6, 6.07) is 16.0. The topological polar surface area (TPSA) is 99.8 Å². The Bertz CT molecular complexity index is 1480. The van der Waals surface area contributed by atoms with Crippen LogP contribution in [0.15, 0.2) is 60.7 Å². The van der Waals surface area contributed by atoms with Crippen molar-refractivity contribution in [2.24, 2.45) is 11.8 Å². The molecule has 2 amide bonds. The highest BCUT2D eigenvalue weighted by Crippen LogP contribution is 2.38. The second-order valence-electron chi connectivity index (χ2n) is 10.8. The van der Waals surface area contributed by atoms with E-state index in [9.17, 15) is 26.4 Å². The number of methoxy groups -OCH3 is 1. The summed E-state index contributed by atoms with van der Waals surface area (Å²) in [7, 11) is -4.40. The average Bonchev–Trinajstić information content (AvgIpc) is 2.88. The van der Waals surface area contributed by atoms with E-state index in [2.05, 4.69) is 43.2 Å². The molecule has 0 spiro atoms. The van der Waals surface area contributed by atoms with E-state index in [1.807, 2.05) is 19.1 Å². The molecule has 42 heavy (non-hydrogen) atoms. The monoisotopic (exact) mass is 606 g/mol. The number of anilines is 4. The summed E-state index contributed by atoms with van der Waals surface area (Å²) in [5, 5.41) is 5.69. The standard InChI is InChI=1S/C30H37F3N4O4S/c1-19(2)17-37(18-20(3)4)28-14-9-22(15-27(28)35-29(38)34-23-10-7-21(5)8-11-23)25-13-12-24(41-6)16-26(25)36-42(39,40)30(31,32)33/h7-16,19-20,36H,17-18H2,1-6H3,(H2,34,35,38). The Balaban J connectivity index is 2.12. The van der Waals surface area contributed by atoms with E-state index >= 15 is 0 Å². The van der Waals surface area contributed by atoms with Gasteiger partial charge in [0.1, 0.15) is 5.75 Å². The molecule has 3 aromatic rings. The summed E-state index contributed by atoms with van der Waals surface area (Å²) in [5.74, 6) is 0.747. The fourth-order valence-corrected chi connectivity index (χ4v) is 4.92. The van der Waals surface area contributed by atoms with Crippen molar-refractivity contribution in [3.05, 3.63) is 66.2 Å². The van der Waals surface area contributed by atoms with E-state index in [1.165, 1.54) is 25.3 Å². The fourth-order valence-electron chi connectivity index (χ4n) is 4.34. The molecule has 0 bridgehead atoms. The third-order valence-corrected chi connectivity index (χ3v) is 7.25. The Morgan fingerprint density at radius 2 is 1.50 bits per heavy atom. The van der Waals surface area contributed by atoms with Gasteiger partial charge in [-0.3, -0.25) is 4.72 Å². The predicted molar refractivity (Wildman–Crippen MR) is 163 cm³/mol. The third kappa shape index (κ3) is 8.54. The van der Waals surface area contributed by atoms with E-state index in [0.29, 0.717) is 47.6 Å². The van der Waals surface area contributed by atoms with Crippen LogP contribution in [0.3, 0.4) is 0 Å². The van der Waals surface area contributed by atoms with Gasteiger partial charge in [0.15, 0.2) is 0 Å². The van der Waals surface area contributed by atoms with Gasteiger partial charge in [0, 0.05) is 30.4 Å². The maximum absolute atomic E-state index is 13.3. The molecule has 0 aliphatic heterocycles. The number of alkyl halides is 3. The molecule has 0 saturated heterocycles. The Morgan fingerprint density at radius 1 is 0.881 bits per heavy atom. The van der Waals surface area contributed by atoms with Crippen LogP contribution in [0.25, 0.3) is 11.1 Å². The minimum absolute atomic E-state index is 0.158. The smallest absolute Gasteiger partial charge is 0.497 e. The molecule has 0 aromatic heterocycles. The maximum atomic E-state index is 13.3. The summed E-state index contributed by atoms with van der Waals surface area (Å²) < 4.78 is 70.5. The van der Waals surface area contributed by atoms with Crippen molar-refractivity contribution < 1.29 is 31.1 Å². The highest BCUT2D eigenvalue weighted by atomic mass is 32.2. The zero-order valence-electron chi connectivity index (χ0n) is 24.5. The summed E-state index contributed by atoms with van der Waals surface area (Å²) in [6.45, 7) is 11.6. The highest BCUT2D eigenvalue weighted by molar-refractivity contribution is 7.93. The molecule has 3 rings (SSSR count). The van der Waals surface area contributed by atoms with Crippen LogP contribution in [-0.4, -0.2) is 40.2 Å². The lowest BCUT2D eigenvalue weighted by atomic mass is 10.0. The SMILES string of the molecule is COc1ccc(-c2ccc(N(CC(C)C)CC(C)C)c(NC(=O)Nc3ccc(C)cc3)c2)c(NS(=O)(=O)C(F)(F)F)c1. The lowest BCUT2D eigenvalue weighted by Gasteiger charge is -2.31. The van der Waals surface area contributed by atoms with Crippen molar-refractivity contribution in [2.45, 2.75) is 40.1 Å². The minimum Gasteiger partial charge on any atom is -0.497 e. The number of hydrogen-bond donors (Lipinski definition) is 3. The van der Waals surface area contributed by atoms with Crippen molar-refractivity contribution >= 4 is 38.8 Å². The first kappa shape index (κ1) is 32.6. The summed E-state index contributed by atoms with van der Waals surface area (Å²) in [6.07, 6.45) is 0. The van der Waals surface area contributed by atoms with Gasteiger partial charge in [-0.1, -0.05) is 51.5 Å². The van der Waals surface area contributed by atoms with Gasteiger partial charge in [0.2, 0.25) is 0 Å². The molecule has 0 aliphatic carbocycles. The minimum atomic E-state index is -5.72. The average molecular weight is 607 g/mol. The number of halogens is 3. The largest absolute Gasteiger partial charge is 0.516 e. The Kier molecular flexibility index (Phi) is 10.4. The molecule has 0 heterocycles. The lowest BCUT2D eigenvalue weighted by Crippen LogP contribution is -2.32. The third-order valence-electron chi connectivity index (χ3n) is 6.15. The number of aryl methyl sites for hydroxylation is 1.